The third-order valence-corrected chi connectivity index (χ3v) is 4.97. The van der Waals surface area contributed by atoms with Crippen LogP contribution in [0.25, 0.3) is 0 Å². The maximum Gasteiger partial charge on any atom is 0.161 e. The molecule has 0 spiro atoms. The fourth-order valence-electron chi connectivity index (χ4n) is 1.99. The molecule has 21 heavy (non-hydrogen) atoms. The predicted octanol–water partition coefficient (Wildman–Crippen LogP) is 4.52. The van der Waals surface area contributed by atoms with Gasteiger partial charge in [-0.25, -0.2) is 0 Å². The molecule has 2 rings (SSSR count). The highest BCUT2D eigenvalue weighted by Gasteiger charge is 2.04. The summed E-state index contributed by atoms with van der Waals surface area (Å²) in [6.45, 7) is 1.58. The van der Waals surface area contributed by atoms with Crippen LogP contribution in [0.15, 0.2) is 45.3 Å². The second-order valence-electron chi connectivity index (χ2n) is 4.54. The van der Waals surface area contributed by atoms with Crippen LogP contribution in [-0.2, 0) is 13.1 Å². The molecular weight excluding hydrogens is 398 g/mol. The van der Waals surface area contributed by atoms with E-state index in [0.29, 0.717) is 0 Å². The standard InChI is InChI=1S/C16H17Br2NO2/c1-20-15-6-4-12(8-16(15)21-2)10-19-9-11-3-5-13(17)14(18)7-11/h3-8,19H,9-10H2,1-2H3. The molecule has 0 radical (unpaired) electrons. The van der Waals surface area contributed by atoms with Crippen LogP contribution in [0.4, 0.5) is 0 Å². The summed E-state index contributed by atoms with van der Waals surface area (Å²) in [4.78, 5) is 0. The number of methoxy groups -OCH3 is 2. The van der Waals surface area contributed by atoms with Crippen molar-refractivity contribution >= 4 is 31.9 Å². The minimum atomic E-state index is 0.748. The molecule has 0 amide bonds. The smallest absolute Gasteiger partial charge is 0.161 e. The van der Waals surface area contributed by atoms with Gasteiger partial charge in [0.15, 0.2) is 11.5 Å². The molecule has 2 aromatic carbocycles. The zero-order chi connectivity index (χ0) is 15.2. The molecule has 3 nitrogen and oxygen atoms in total. The molecule has 0 saturated carbocycles. The van der Waals surface area contributed by atoms with Crippen molar-refractivity contribution in [2.24, 2.45) is 0 Å². The molecule has 0 aromatic heterocycles. The number of nitrogens with one attached hydrogen (secondary N) is 1. The summed E-state index contributed by atoms with van der Waals surface area (Å²) in [6.07, 6.45) is 0. The predicted molar refractivity (Wildman–Crippen MR) is 91.9 cm³/mol. The Morgan fingerprint density at radius 3 is 2.05 bits per heavy atom. The number of hydrogen-bond donors (Lipinski definition) is 1. The third kappa shape index (κ3) is 4.46. The summed E-state index contributed by atoms with van der Waals surface area (Å²) < 4.78 is 12.7. The SMILES string of the molecule is COc1ccc(CNCc2ccc(Br)c(Br)c2)cc1OC. The van der Waals surface area contributed by atoms with Crippen molar-refractivity contribution in [3.63, 3.8) is 0 Å². The summed E-state index contributed by atoms with van der Waals surface area (Å²) in [5.41, 5.74) is 2.38. The Bertz CT molecular complexity index is 617. The van der Waals surface area contributed by atoms with E-state index in [1.165, 1.54) is 5.56 Å². The monoisotopic (exact) mass is 413 g/mol. The van der Waals surface area contributed by atoms with Gasteiger partial charge >= 0.3 is 0 Å². The Labute approximate surface area is 141 Å². The minimum Gasteiger partial charge on any atom is -0.493 e. The Hall–Kier alpha value is -1.04. The molecule has 0 heterocycles. The van der Waals surface area contributed by atoms with Crippen molar-refractivity contribution in [1.82, 2.24) is 5.32 Å². The van der Waals surface area contributed by atoms with Crippen molar-refractivity contribution in [2.75, 3.05) is 14.2 Å². The lowest BCUT2D eigenvalue weighted by molar-refractivity contribution is 0.354. The fourth-order valence-corrected chi connectivity index (χ4v) is 2.66. The number of benzene rings is 2. The summed E-state index contributed by atoms with van der Waals surface area (Å²) in [5, 5.41) is 3.42. The maximum atomic E-state index is 5.31. The fraction of sp³-hybridized carbons (Fsp3) is 0.250. The summed E-state index contributed by atoms with van der Waals surface area (Å²) >= 11 is 6.98. The van der Waals surface area contributed by atoms with Crippen LogP contribution in [0.1, 0.15) is 11.1 Å². The first kappa shape index (κ1) is 16.3. The Kier molecular flexibility index (Phi) is 6.08. The van der Waals surface area contributed by atoms with Gasteiger partial charge in [-0.05, 0) is 67.3 Å². The summed E-state index contributed by atoms with van der Waals surface area (Å²) in [7, 11) is 3.29. The Morgan fingerprint density at radius 2 is 1.43 bits per heavy atom. The van der Waals surface area contributed by atoms with Crippen LogP contribution in [0.3, 0.4) is 0 Å². The molecule has 0 saturated heterocycles. The van der Waals surface area contributed by atoms with Crippen LogP contribution in [0, 0.1) is 0 Å². The maximum absolute atomic E-state index is 5.31. The first-order valence-corrected chi connectivity index (χ1v) is 8.08. The largest absolute Gasteiger partial charge is 0.493 e. The van der Waals surface area contributed by atoms with E-state index < -0.39 is 0 Å². The lowest BCUT2D eigenvalue weighted by Crippen LogP contribution is -2.12. The Balaban J connectivity index is 1.95. The van der Waals surface area contributed by atoms with Gasteiger partial charge in [0.1, 0.15) is 0 Å². The van der Waals surface area contributed by atoms with Gasteiger partial charge in [-0.1, -0.05) is 12.1 Å². The highest BCUT2D eigenvalue weighted by atomic mass is 79.9. The second-order valence-corrected chi connectivity index (χ2v) is 6.25. The zero-order valence-corrected chi connectivity index (χ0v) is 15.1. The molecule has 0 bridgehead atoms. The highest BCUT2D eigenvalue weighted by Crippen LogP contribution is 2.27. The molecule has 0 aliphatic carbocycles. The van der Waals surface area contributed by atoms with Crippen molar-refractivity contribution < 1.29 is 9.47 Å². The van der Waals surface area contributed by atoms with E-state index in [1.807, 2.05) is 24.3 Å². The number of hydrogen-bond acceptors (Lipinski definition) is 3. The van der Waals surface area contributed by atoms with E-state index in [4.69, 9.17) is 9.47 Å². The molecule has 0 atom stereocenters. The van der Waals surface area contributed by atoms with Gasteiger partial charge in [0.05, 0.1) is 14.2 Å². The highest BCUT2D eigenvalue weighted by molar-refractivity contribution is 9.13. The molecule has 112 valence electrons. The van der Waals surface area contributed by atoms with Crippen LogP contribution >= 0.6 is 31.9 Å². The first-order chi connectivity index (χ1) is 10.1. The average molecular weight is 415 g/mol. The lowest BCUT2D eigenvalue weighted by Gasteiger charge is -2.10. The van der Waals surface area contributed by atoms with E-state index >= 15 is 0 Å². The zero-order valence-electron chi connectivity index (χ0n) is 12.0. The van der Waals surface area contributed by atoms with Gasteiger partial charge in [-0.15, -0.1) is 0 Å². The molecule has 1 N–H and O–H groups in total. The summed E-state index contributed by atoms with van der Waals surface area (Å²) in [6, 6.07) is 12.2. The minimum absolute atomic E-state index is 0.748. The quantitative estimate of drug-likeness (QED) is 0.753. The van der Waals surface area contributed by atoms with E-state index in [-0.39, 0.29) is 0 Å². The number of ether oxygens (including phenoxy) is 2. The van der Waals surface area contributed by atoms with Gasteiger partial charge in [-0.3, -0.25) is 0 Å². The number of rotatable bonds is 6. The van der Waals surface area contributed by atoms with Crippen molar-refractivity contribution in [1.29, 1.82) is 0 Å². The lowest BCUT2D eigenvalue weighted by atomic mass is 10.2. The van der Waals surface area contributed by atoms with Crippen LogP contribution in [0.2, 0.25) is 0 Å². The molecule has 0 unspecified atom stereocenters. The van der Waals surface area contributed by atoms with Gasteiger partial charge in [0.2, 0.25) is 0 Å². The van der Waals surface area contributed by atoms with Crippen LogP contribution in [-0.4, -0.2) is 14.2 Å². The topological polar surface area (TPSA) is 30.5 Å². The van der Waals surface area contributed by atoms with Crippen LogP contribution < -0.4 is 14.8 Å². The second kappa shape index (κ2) is 7.82. The van der Waals surface area contributed by atoms with E-state index in [1.54, 1.807) is 14.2 Å². The van der Waals surface area contributed by atoms with Gasteiger partial charge in [-0.2, -0.15) is 0 Å². The third-order valence-electron chi connectivity index (χ3n) is 3.09. The molecule has 0 aliphatic rings. The Morgan fingerprint density at radius 1 is 0.810 bits per heavy atom. The van der Waals surface area contributed by atoms with Gasteiger partial charge in [0.25, 0.3) is 0 Å². The number of halogens is 2. The normalized spacial score (nSPS) is 10.5. The summed E-state index contributed by atoms with van der Waals surface area (Å²) in [5.74, 6) is 1.50. The van der Waals surface area contributed by atoms with Gasteiger partial charge < -0.3 is 14.8 Å². The van der Waals surface area contributed by atoms with E-state index in [9.17, 15) is 0 Å². The van der Waals surface area contributed by atoms with E-state index in [0.717, 1.165) is 39.1 Å². The van der Waals surface area contributed by atoms with Crippen molar-refractivity contribution in [3.05, 3.63) is 56.5 Å². The van der Waals surface area contributed by atoms with Gasteiger partial charge in [0, 0.05) is 22.0 Å². The van der Waals surface area contributed by atoms with E-state index in [2.05, 4.69) is 49.3 Å². The van der Waals surface area contributed by atoms with Crippen LogP contribution in [0.5, 0.6) is 11.5 Å². The molecule has 0 fully saturated rings. The average Bonchev–Trinajstić information content (AvgIpc) is 2.50. The molecule has 0 aliphatic heterocycles. The molecular formula is C16H17Br2NO2. The van der Waals surface area contributed by atoms with Crippen molar-refractivity contribution in [3.8, 4) is 11.5 Å². The molecule has 5 heteroatoms. The first-order valence-electron chi connectivity index (χ1n) is 6.49. The van der Waals surface area contributed by atoms with Crippen molar-refractivity contribution in [2.45, 2.75) is 13.1 Å². The molecule has 2 aromatic rings.